The van der Waals surface area contributed by atoms with Gasteiger partial charge in [0.1, 0.15) is 17.5 Å². The number of carbonyl (C=O) groups excluding carboxylic acids is 2. The van der Waals surface area contributed by atoms with Crippen LogP contribution in [0, 0.1) is 0 Å². The molecular formula is C20H24N2O6S. The first-order valence-electron chi connectivity index (χ1n) is 8.71. The lowest BCUT2D eigenvalue weighted by molar-refractivity contribution is -0.116. The Hall–Kier alpha value is -3.07. The second kappa shape index (κ2) is 8.95. The zero-order valence-corrected chi connectivity index (χ0v) is 17.7. The third-order valence-corrected chi connectivity index (χ3v) is 5.48. The van der Waals surface area contributed by atoms with Crippen LogP contribution in [0.3, 0.4) is 0 Å². The molecule has 0 fully saturated rings. The van der Waals surface area contributed by atoms with E-state index in [4.69, 9.17) is 9.47 Å². The number of ether oxygens (including phenoxy) is 2. The van der Waals surface area contributed by atoms with Crippen molar-refractivity contribution in [3.05, 3.63) is 48.0 Å². The lowest BCUT2D eigenvalue weighted by Crippen LogP contribution is -2.45. The van der Waals surface area contributed by atoms with Crippen LogP contribution >= 0.6 is 0 Å². The molecule has 2 aromatic rings. The van der Waals surface area contributed by atoms with E-state index < -0.39 is 22.0 Å². The van der Waals surface area contributed by atoms with Crippen molar-refractivity contribution in [3.63, 3.8) is 0 Å². The van der Waals surface area contributed by atoms with E-state index in [0.717, 1.165) is 10.6 Å². The number of hydrogen-bond donors (Lipinski definition) is 1. The van der Waals surface area contributed by atoms with Crippen molar-refractivity contribution in [3.8, 4) is 11.5 Å². The van der Waals surface area contributed by atoms with Crippen LogP contribution in [-0.2, 0) is 14.8 Å². The van der Waals surface area contributed by atoms with Gasteiger partial charge in [-0.15, -0.1) is 0 Å². The lowest BCUT2D eigenvalue weighted by Gasteiger charge is -2.29. The minimum atomic E-state index is -3.85. The highest BCUT2D eigenvalue weighted by molar-refractivity contribution is 7.92. The standard InChI is InChI=1S/C20H24N2O6S/c1-13(20(24)21-16-8-6-7-15(11-16)14(2)23)22(29(5,25)26)18-12-17(27-3)9-10-19(18)28-4/h6-13H,1-5H3,(H,21,24). The summed E-state index contributed by atoms with van der Waals surface area (Å²) < 4.78 is 36.5. The second-order valence-corrected chi connectivity index (χ2v) is 8.26. The molecule has 9 heteroatoms. The van der Waals surface area contributed by atoms with Gasteiger partial charge in [0.2, 0.25) is 15.9 Å². The number of nitrogens with zero attached hydrogens (tertiary/aromatic N) is 1. The molecule has 0 heterocycles. The SMILES string of the molecule is COc1ccc(OC)c(N(C(C)C(=O)Nc2cccc(C(C)=O)c2)S(C)(=O)=O)c1. The van der Waals surface area contributed by atoms with Gasteiger partial charge >= 0.3 is 0 Å². The maximum Gasteiger partial charge on any atom is 0.247 e. The Morgan fingerprint density at radius 3 is 2.31 bits per heavy atom. The summed E-state index contributed by atoms with van der Waals surface area (Å²) in [7, 11) is -0.991. The number of amides is 1. The van der Waals surface area contributed by atoms with Crippen molar-refractivity contribution in [1.29, 1.82) is 0 Å². The van der Waals surface area contributed by atoms with Crippen molar-refractivity contribution in [2.24, 2.45) is 0 Å². The monoisotopic (exact) mass is 420 g/mol. The molecule has 1 N–H and O–H groups in total. The number of rotatable bonds is 8. The highest BCUT2D eigenvalue weighted by Crippen LogP contribution is 2.35. The van der Waals surface area contributed by atoms with Gasteiger partial charge in [-0.1, -0.05) is 12.1 Å². The van der Waals surface area contributed by atoms with Crippen molar-refractivity contribution < 1.29 is 27.5 Å². The first-order valence-corrected chi connectivity index (χ1v) is 10.6. The fourth-order valence-corrected chi connectivity index (χ4v) is 3.98. The molecule has 0 aliphatic rings. The van der Waals surface area contributed by atoms with Gasteiger partial charge < -0.3 is 14.8 Å². The fraction of sp³-hybridized carbons (Fsp3) is 0.300. The van der Waals surface area contributed by atoms with E-state index in [1.54, 1.807) is 30.3 Å². The molecule has 2 aromatic carbocycles. The predicted molar refractivity (Wildman–Crippen MR) is 111 cm³/mol. The van der Waals surface area contributed by atoms with Gasteiger partial charge in [-0.3, -0.25) is 13.9 Å². The molecule has 0 aliphatic heterocycles. The summed E-state index contributed by atoms with van der Waals surface area (Å²) in [6.07, 6.45) is 1.01. The van der Waals surface area contributed by atoms with Crippen LogP contribution in [0.2, 0.25) is 0 Å². The minimum absolute atomic E-state index is 0.145. The Balaban J connectivity index is 2.42. The molecule has 29 heavy (non-hydrogen) atoms. The molecule has 0 radical (unpaired) electrons. The second-order valence-electron chi connectivity index (χ2n) is 6.40. The predicted octanol–water partition coefficient (Wildman–Crippen LogP) is 2.70. The average Bonchev–Trinajstić information content (AvgIpc) is 2.67. The molecule has 2 rings (SSSR count). The first kappa shape index (κ1) is 22.2. The molecular weight excluding hydrogens is 396 g/mol. The number of methoxy groups -OCH3 is 2. The Bertz CT molecular complexity index is 1020. The normalized spacial score (nSPS) is 12.0. The summed E-state index contributed by atoms with van der Waals surface area (Å²) in [4.78, 5) is 24.4. The van der Waals surface area contributed by atoms with Crippen LogP contribution < -0.4 is 19.1 Å². The molecule has 156 valence electrons. The van der Waals surface area contributed by atoms with Gasteiger partial charge in [0.05, 0.1) is 26.2 Å². The van der Waals surface area contributed by atoms with Crippen LogP contribution in [0.5, 0.6) is 11.5 Å². The lowest BCUT2D eigenvalue weighted by atomic mass is 10.1. The number of Topliss-reactive ketones (excluding diaryl/α,β-unsaturated/α-hetero) is 1. The molecule has 0 aliphatic carbocycles. The van der Waals surface area contributed by atoms with Gasteiger partial charge in [0, 0.05) is 17.3 Å². The van der Waals surface area contributed by atoms with Crippen LogP contribution in [-0.4, -0.2) is 46.6 Å². The fourth-order valence-electron chi connectivity index (χ4n) is 2.81. The van der Waals surface area contributed by atoms with Gasteiger partial charge in [0.15, 0.2) is 5.78 Å². The van der Waals surface area contributed by atoms with Gasteiger partial charge in [0.25, 0.3) is 0 Å². The minimum Gasteiger partial charge on any atom is -0.497 e. The molecule has 0 spiro atoms. The smallest absolute Gasteiger partial charge is 0.247 e. The summed E-state index contributed by atoms with van der Waals surface area (Å²) in [6.45, 7) is 2.88. The Morgan fingerprint density at radius 1 is 1.07 bits per heavy atom. The number of sulfonamides is 1. The summed E-state index contributed by atoms with van der Waals surface area (Å²) in [5.74, 6) is -0.0281. The Morgan fingerprint density at radius 2 is 1.76 bits per heavy atom. The van der Waals surface area contributed by atoms with Crippen LogP contribution in [0.15, 0.2) is 42.5 Å². The van der Waals surface area contributed by atoms with E-state index in [1.807, 2.05) is 0 Å². The van der Waals surface area contributed by atoms with Gasteiger partial charge in [-0.2, -0.15) is 0 Å². The van der Waals surface area contributed by atoms with E-state index in [9.17, 15) is 18.0 Å². The molecule has 0 saturated carbocycles. The largest absolute Gasteiger partial charge is 0.497 e. The summed E-state index contributed by atoms with van der Waals surface area (Å²) in [5, 5.41) is 2.66. The number of anilines is 2. The van der Waals surface area contributed by atoms with Crippen molar-refractivity contribution in [1.82, 2.24) is 0 Å². The number of ketones is 1. The molecule has 0 bridgehead atoms. The molecule has 1 amide bonds. The molecule has 0 aromatic heterocycles. The van der Waals surface area contributed by atoms with Crippen LogP contribution in [0.25, 0.3) is 0 Å². The Kier molecular flexibility index (Phi) is 6.86. The third-order valence-electron chi connectivity index (χ3n) is 4.25. The van der Waals surface area contributed by atoms with E-state index in [0.29, 0.717) is 17.0 Å². The molecule has 8 nitrogen and oxygen atoms in total. The molecule has 1 atom stereocenters. The third kappa shape index (κ3) is 5.26. The van der Waals surface area contributed by atoms with Gasteiger partial charge in [-0.25, -0.2) is 8.42 Å². The zero-order chi connectivity index (χ0) is 21.8. The number of carbonyl (C=O) groups is 2. The average molecular weight is 420 g/mol. The molecule has 1 unspecified atom stereocenters. The van der Waals surface area contributed by atoms with Crippen LogP contribution in [0.4, 0.5) is 11.4 Å². The molecule has 0 saturated heterocycles. The van der Waals surface area contributed by atoms with Crippen molar-refractivity contribution in [2.45, 2.75) is 19.9 Å². The quantitative estimate of drug-likeness (QED) is 0.659. The summed E-state index contributed by atoms with van der Waals surface area (Å²) >= 11 is 0. The Labute approximate surface area is 170 Å². The maximum atomic E-state index is 12.8. The van der Waals surface area contributed by atoms with Crippen molar-refractivity contribution in [2.75, 3.05) is 30.1 Å². The summed E-state index contributed by atoms with van der Waals surface area (Å²) in [5.41, 5.74) is 1.000. The van der Waals surface area contributed by atoms with E-state index in [-0.39, 0.29) is 17.2 Å². The van der Waals surface area contributed by atoms with E-state index in [2.05, 4.69) is 5.32 Å². The topological polar surface area (TPSA) is 102 Å². The highest BCUT2D eigenvalue weighted by Gasteiger charge is 2.31. The number of benzene rings is 2. The van der Waals surface area contributed by atoms with E-state index >= 15 is 0 Å². The van der Waals surface area contributed by atoms with Crippen LogP contribution in [0.1, 0.15) is 24.2 Å². The first-order chi connectivity index (χ1) is 13.6. The maximum absolute atomic E-state index is 12.8. The number of nitrogens with one attached hydrogen (secondary N) is 1. The zero-order valence-electron chi connectivity index (χ0n) is 16.9. The van der Waals surface area contributed by atoms with Gasteiger partial charge in [-0.05, 0) is 38.1 Å². The van der Waals surface area contributed by atoms with Crippen molar-refractivity contribution >= 4 is 33.1 Å². The number of hydrogen-bond acceptors (Lipinski definition) is 6. The highest BCUT2D eigenvalue weighted by atomic mass is 32.2. The van der Waals surface area contributed by atoms with E-state index in [1.165, 1.54) is 40.2 Å². The summed E-state index contributed by atoms with van der Waals surface area (Å²) in [6, 6.07) is 9.99.